The molecule has 0 radical (unpaired) electrons. The summed E-state index contributed by atoms with van der Waals surface area (Å²) in [5, 5.41) is 0. The molecule has 0 spiro atoms. The van der Waals surface area contributed by atoms with E-state index in [-0.39, 0.29) is 22.7 Å². The highest BCUT2D eigenvalue weighted by Gasteiger charge is 2.14. The normalized spacial score (nSPS) is 9.88. The zero-order valence-electron chi connectivity index (χ0n) is 8.20. The lowest BCUT2D eigenvalue weighted by Crippen LogP contribution is -2.14. The number of amides is 1. The van der Waals surface area contributed by atoms with Gasteiger partial charge in [-0.1, -0.05) is 0 Å². The molecule has 0 bridgehead atoms. The molecule has 1 aromatic rings. The van der Waals surface area contributed by atoms with Gasteiger partial charge >= 0.3 is 0 Å². The standard InChI is InChI=1S/C9H10F2N2O3/c10-3-15-7-1-5(9(13)14)6(12)2-8(7)16-4-11/h1-2H,3-4,12H2,(H2,13,14). The lowest BCUT2D eigenvalue weighted by atomic mass is 10.1. The first kappa shape index (κ1) is 12.0. The van der Waals surface area contributed by atoms with E-state index in [2.05, 4.69) is 9.47 Å². The summed E-state index contributed by atoms with van der Waals surface area (Å²) in [5.74, 6) is -1.03. The summed E-state index contributed by atoms with van der Waals surface area (Å²) in [6.07, 6.45) is 0. The number of primary amides is 1. The van der Waals surface area contributed by atoms with Gasteiger partial charge in [0.2, 0.25) is 13.7 Å². The van der Waals surface area contributed by atoms with Gasteiger partial charge in [-0.2, -0.15) is 0 Å². The summed E-state index contributed by atoms with van der Waals surface area (Å²) in [6.45, 7) is -2.28. The van der Waals surface area contributed by atoms with Gasteiger partial charge in [-0.05, 0) is 6.07 Å². The molecule has 0 aromatic heterocycles. The van der Waals surface area contributed by atoms with E-state index in [1.165, 1.54) is 0 Å². The van der Waals surface area contributed by atoms with Crippen molar-refractivity contribution in [2.45, 2.75) is 0 Å². The Hall–Kier alpha value is -2.05. The molecule has 0 heterocycles. The number of hydrogen-bond acceptors (Lipinski definition) is 4. The smallest absolute Gasteiger partial charge is 0.250 e. The zero-order valence-corrected chi connectivity index (χ0v) is 8.20. The summed E-state index contributed by atoms with van der Waals surface area (Å²) >= 11 is 0. The molecule has 88 valence electrons. The Morgan fingerprint density at radius 2 is 1.69 bits per heavy atom. The quantitative estimate of drug-likeness (QED) is 0.740. The van der Waals surface area contributed by atoms with Crippen LogP contribution in [0, 0.1) is 0 Å². The van der Waals surface area contributed by atoms with Gasteiger partial charge in [-0.15, -0.1) is 0 Å². The van der Waals surface area contributed by atoms with Crippen LogP contribution in [0.2, 0.25) is 0 Å². The van der Waals surface area contributed by atoms with Gasteiger partial charge in [-0.3, -0.25) is 4.79 Å². The van der Waals surface area contributed by atoms with Crippen molar-refractivity contribution in [1.82, 2.24) is 0 Å². The van der Waals surface area contributed by atoms with Crippen molar-refractivity contribution in [2.75, 3.05) is 19.5 Å². The number of nitrogen functional groups attached to an aromatic ring is 1. The Morgan fingerprint density at radius 1 is 1.19 bits per heavy atom. The molecule has 0 aliphatic heterocycles. The van der Waals surface area contributed by atoms with Crippen LogP contribution < -0.4 is 20.9 Å². The maximum Gasteiger partial charge on any atom is 0.250 e. The number of carbonyl (C=O) groups is 1. The number of hydrogen-bond donors (Lipinski definition) is 2. The fourth-order valence-electron chi connectivity index (χ4n) is 1.13. The minimum Gasteiger partial charge on any atom is -0.459 e. The molecule has 1 aromatic carbocycles. The predicted molar refractivity (Wildman–Crippen MR) is 52.6 cm³/mol. The molecule has 0 fully saturated rings. The third-order valence-electron chi connectivity index (χ3n) is 1.80. The van der Waals surface area contributed by atoms with E-state index in [4.69, 9.17) is 11.5 Å². The third-order valence-corrected chi connectivity index (χ3v) is 1.80. The summed E-state index contributed by atoms with van der Waals surface area (Å²) in [7, 11) is 0. The Bertz CT molecular complexity index is 399. The average molecular weight is 232 g/mol. The van der Waals surface area contributed by atoms with Crippen LogP contribution in [0.1, 0.15) is 10.4 Å². The Kier molecular flexibility index (Phi) is 3.87. The van der Waals surface area contributed by atoms with Crippen molar-refractivity contribution < 1.29 is 23.0 Å². The minimum atomic E-state index is -1.15. The van der Waals surface area contributed by atoms with Crippen LogP contribution in [0.5, 0.6) is 11.5 Å². The van der Waals surface area contributed by atoms with Crippen LogP contribution in [0.15, 0.2) is 12.1 Å². The van der Waals surface area contributed by atoms with Crippen molar-refractivity contribution in [2.24, 2.45) is 5.73 Å². The van der Waals surface area contributed by atoms with Gasteiger partial charge in [0.05, 0.1) is 5.56 Å². The van der Waals surface area contributed by atoms with Gasteiger partial charge in [0.15, 0.2) is 11.5 Å². The van der Waals surface area contributed by atoms with Gasteiger partial charge in [0.25, 0.3) is 5.91 Å². The van der Waals surface area contributed by atoms with E-state index in [0.29, 0.717) is 0 Å². The lowest BCUT2D eigenvalue weighted by Gasteiger charge is -2.11. The van der Waals surface area contributed by atoms with Crippen molar-refractivity contribution in [3.63, 3.8) is 0 Å². The summed E-state index contributed by atoms with van der Waals surface area (Å²) in [6, 6.07) is 2.24. The number of rotatable bonds is 5. The SMILES string of the molecule is NC(=O)c1cc(OCF)c(OCF)cc1N. The highest BCUT2D eigenvalue weighted by molar-refractivity contribution is 5.98. The van der Waals surface area contributed by atoms with Crippen LogP contribution in [-0.4, -0.2) is 19.6 Å². The number of ether oxygens (including phenoxy) is 2. The highest BCUT2D eigenvalue weighted by Crippen LogP contribution is 2.32. The van der Waals surface area contributed by atoms with Crippen LogP contribution in [0.3, 0.4) is 0 Å². The first-order valence-electron chi connectivity index (χ1n) is 4.21. The number of benzene rings is 1. The fraction of sp³-hybridized carbons (Fsp3) is 0.222. The maximum absolute atomic E-state index is 12.0. The predicted octanol–water partition coefficient (Wildman–Crippen LogP) is 0.979. The second-order valence-electron chi connectivity index (χ2n) is 2.76. The maximum atomic E-state index is 12.0. The monoisotopic (exact) mass is 232 g/mol. The van der Waals surface area contributed by atoms with Gasteiger partial charge < -0.3 is 20.9 Å². The minimum absolute atomic E-state index is 0.00200. The second-order valence-corrected chi connectivity index (χ2v) is 2.76. The van der Waals surface area contributed by atoms with Gasteiger partial charge in [-0.25, -0.2) is 8.78 Å². The largest absolute Gasteiger partial charge is 0.459 e. The summed E-state index contributed by atoms with van der Waals surface area (Å²) in [4.78, 5) is 10.9. The number of alkyl halides is 2. The molecule has 0 atom stereocenters. The van der Waals surface area contributed by atoms with Crippen LogP contribution in [0.4, 0.5) is 14.5 Å². The molecule has 5 nitrogen and oxygen atoms in total. The molecule has 0 saturated heterocycles. The fourth-order valence-corrected chi connectivity index (χ4v) is 1.13. The van der Waals surface area contributed by atoms with Crippen molar-refractivity contribution in [3.8, 4) is 11.5 Å². The number of anilines is 1. The second kappa shape index (κ2) is 5.15. The Morgan fingerprint density at radius 3 is 2.12 bits per heavy atom. The molecule has 0 aliphatic carbocycles. The molecular weight excluding hydrogens is 222 g/mol. The molecule has 1 amide bonds. The molecule has 0 aliphatic rings. The molecule has 7 heteroatoms. The average Bonchev–Trinajstić information content (AvgIpc) is 2.22. The van der Waals surface area contributed by atoms with E-state index >= 15 is 0 Å². The lowest BCUT2D eigenvalue weighted by molar-refractivity contribution is 0.1000. The Balaban J connectivity index is 3.19. The van der Waals surface area contributed by atoms with Crippen molar-refractivity contribution in [1.29, 1.82) is 0 Å². The highest BCUT2D eigenvalue weighted by atomic mass is 19.1. The van der Waals surface area contributed by atoms with Gasteiger partial charge in [0.1, 0.15) is 0 Å². The first-order valence-corrected chi connectivity index (χ1v) is 4.21. The first-order chi connectivity index (χ1) is 7.60. The van der Waals surface area contributed by atoms with E-state index in [1.54, 1.807) is 0 Å². The van der Waals surface area contributed by atoms with Gasteiger partial charge in [0, 0.05) is 11.8 Å². The number of nitrogens with two attached hydrogens (primary N) is 2. The van der Waals surface area contributed by atoms with Crippen molar-refractivity contribution in [3.05, 3.63) is 17.7 Å². The van der Waals surface area contributed by atoms with E-state index < -0.39 is 19.6 Å². The van der Waals surface area contributed by atoms with Crippen LogP contribution >= 0.6 is 0 Å². The van der Waals surface area contributed by atoms with E-state index in [1.807, 2.05) is 0 Å². The molecule has 16 heavy (non-hydrogen) atoms. The van der Waals surface area contributed by atoms with E-state index in [0.717, 1.165) is 12.1 Å². The molecule has 0 unspecified atom stereocenters. The third kappa shape index (κ3) is 2.50. The summed E-state index contributed by atoms with van der Waals surface area (Å²) in [5.41, 5.74) is 10.4. The van der Waals surface area contributed by atoms with Crippen LogP contribution in [0.25, 0.3) is 0 Å². The zero-order chi connectivity index (χ0) is 12.1. The Labute approximate surface area is 89.9 Å². The van der Waals surface area contributed by atoms with E-state index in [9.17, 15) is 13.6 Å². The molecular formula is C9H10F2N2O3. The number of carbonyl (C=O) groups excluding carboxylic acids is 1. The summed E-state index contributed by atoms with van der Waals surface area (Å²) < 4.78 is 33.0. The molecule has 4 N–H and O–H groups in total. The van der Waals surface area contributed by atoms with Crippen LogP contribution in [-0.2, 0) is 0 Å². The molecule has 0 saturated carbocycles. The molecule has 1 rings (SSSR count). The number of halogens is 2. The topological polar surface area (TPSA) is 87.6 Å². The van der Waals surface area contributed by atoms with Crippen molar-refractivity contribution >= 4 is 11.6 Å².